The molecule has 0 aromatic heterocycles. The average Bonchev–Trinajstić information content (AvgIpc) is 1.62. The van der Waals surface area contributed by atoms with Crippen LogP contribution in [0.15, 0.2) is 0 Å². The summed E-state index contributed by atoms with van der Waals surface area (Å²) in [5, 5.41) is -5.29. The molecule has 0 saturated carbocycles. The van der Waals surface area contributed by atoms with Gasteiger partial charge in [-0.1, -0.05) is 0 Å². The zero-order chi connectivity index (χ0) is 7.65. The molecule has 0 aliphatic rings. The summed E-state index contributed by atoms with van der Waals surface area (Å²) in [6.07, 6.45) is 0. The molecule has 0 aliphatic heterocycles. The standard InChI is InChI=1S/C3H2Cl4F2/c4-1(2(5)6)3(7,8)9/h1-2H. The number of rotatable bonds is 2. The van der Waals surface area contributed by atoms with Gasteiger partial charge >= 0.3 is 5.38 Å². The molecule has 9 heavy (non-hydrogen) atoms. The van der Waals surface area contributed by atoms with E-state index in [1.807, 2.05) is 0 Å². The molecule has 6 heteroatoms. The van der Waals surface area contributed by atoms with Crippen molar-refractivity contribution in [2.75, 3.05) is 0 Å². The van der Waals surface area contributed by atoms with E-state index < -0.39 is 15.6 Å². The number of hydrogen-bond donors (Lipinski definition) is 0. The Morgan fingerprint density at radius 1 is 1.11 bits per heavy atom. The predicted molar refractivity (Wildman–Crippen MR) is 35.9 cm³/mol. The van der Waals surface area contributed by atoms with Gasteiger partial charge in [0.2, 0.25) is 0 Å². The second-order valence-corrected chi connectivity index (χ2v) is 3.42. The minimum absolute atomic E-state index is 1.36. The Kier molecular flexibility index (Phi) is 3.81. The first-order valence-corrected chi connectivity index (χ1v) is 3.53. The van der Waals surface area contributed by atoms with Gasteiger partial charge in [0.05, 0.1) is 0 Å². The van der Waals surface area contributed by atoms with Crippen LogP contribution >= 0.6 is 46.4 Å². The van der Waals surface area contributed by atoms with E-state index in [-0.39, 0.29) is 0 Å². The minimum Gasteiger partial charge on any atom is -0.186 e. The van der Waals surface area contributed by atoms with E-state index in [2.05, 4.69) is 11.6 Å². The molecule has 0 aromatic carbocycles. The fraction of sp³-hybridized carbons (Fsp3) is 1.00. The van der Waals surface area contributed by atoms with Gasteiger partial charge in [-0.15, -0.1) is 34.8 Å². The molecule has 0 spiro atoms. The third-order valence-electron chi connectivity index (χ3n) is 0.534. The maximum Gasteiger partial charge on any atom is 0.340 e. The Morgan fingerprint density at radius 2 is 1.44 bits per heavy atom. The summed E-state index contributed by atoms with van der Waals surface area (Å²) in [6, 6.07) is 0. The van der Waals surface area contributed by atoms with Crippen LogP contribution in [-0.4, -0.2) is 15.6 Å². The summed E-state index contributed by atoms with van der Waals surface area (Å²) in [4.78, 5) is -1.36. The summed E-state index contributed by atoms with van der Waals surface area (Å²) < 4.78 is 23.7. The smallest absolute Gasteiger partial charge is 0.186 e. The Morgan fingerprint density at radius 3 is 1.44 bits per heavy atom. The molecule has 0 rings (SSSR count). The summed E-state index contributed by atoms with van der Waals surface area (Å²) in [5.74, 6) is 0. The zero-order valence-electron chi connectivity index (χ0n) is 3.92. The highest BCUT2D eigenvalue weighted by Crippen LogP contribution is 2.33. The van der Waals surface area contributed by atoms with Crippen molar-refractivity contribution in [3.63, 3.8) is 0 Å². The molecule has 1 atom stereocenters. The number of alkyl halides is 6. The van der Waals surface area contributed by atoms with Crippen LogP contribution in [0.1, 0.15) is 0 Å². The first kappa shape index (κ1) is 10.0. The molecule has 0 amide bonds. The van der Waals surface area contributed by atoms with Gasteiger partial charge in [-0.25, -0.2) is 0 Å². The molecule has 0 aromatic rings. The van der Waals surface area contributed by atoms with Crippen molar-refractivity contribution in [3.05, 3.63) is 0 Å². The summed E-state index contributed by atoms with van der Waals surface area (Å²) in [5.41, 5.74) is 0. The van der Waals surface area contributed by atoms with Gasteiger partial charge < -0.3 is 0 Å². The SMILES string of the molecule is FC(F)(Cl)C(Cl)C(Cl)Cl. The first-order chi connectivity index (χ1) is 3.85. The molecule has 0 aliphatic carbocycles. The van der Waals surface area contributed by atoms with Gasteiger partial charge in [-0.2, -0.15) is 8.78 Å². The van der Waals surface area contributed by atoms with Crippen molar-refractivity contribution >= 4 is 46.4 Å². The van der Waals surface area contributed by atoms with Crippen molar-refractivity contribution in [1.29, 1.82) is 0 Å². The molecule has 0 nitrogen and oxygen atoms in total. The fourth-order valence-corrected chi connectivity index (χ4v) is 0.714. The predicted octanol–water partition coefficient (Wildman–Crippen LogP) is 3.23. The van der Waals surface area contributed by atoms with Crippen LogP contribution in [0.25, 0.3) is 0 Å². The Hall–Kier alpha value is 1.02. The molecular weight excluding hydrogens is 216 g/mol. The molecule has 56 valence electrons. The molecule has 0 saturated heterocycles. The van der Waals surface area contributed by atoms with Crippen LogP contribution in [0, 0.1) is 0 Å². The molecule has 0 heterocycles. The topological polar surface area (TPSA) is 0 Å². The number of halogens is 6. The number of hydrogen-bond acceptors (Lipinski definition) is 0. The zero-order valence-corrected chi connectivity index (χ0v) is 6.95. The molecule has 1 unspecified atom stereocenters. The quantitative estimate of drug-likeness (QED) is 0.624. The van der Waals surface area contributed by atoms with Crippen LogP contribution in [0.3, 0.4) is 0 Å². The van der Waals surface area contributed by atoms with E-state index in [1.165, 1.54) is 0 Å². The lowest BCUT2D eigenvalue weighted by atomic mass is 10.5. The Bertz CT molecular complexity index is 88.3. The Labute approximate surface area is 71.0 Å². The van der Waals surface area contributed by atoms with Gasteiger partial charge in [0, 0.05) is 0 Å². The third kappa shape index (κ3) is 3.66. The van der Waals surface area contributed by atoms with Crippen molar-refractivity contribution in [3.8, 4) is 0 Å². The van der Waals surface area contributed by atoms with E-state index in [4.69, 9.17) is 34.8 Å². The largest absolute Gasteiger partial charge is 0.340 e. The van der Waals surface area contributed by atoms with Gasteiger partial charge in [-0.3, -0.25) is 0 Å². The first-order valence-electron chi connectivity index (χ1n) is 1.84. The normalized spacial score (nSPS) is 16.3. The highest BCUT2D eigenvalue weighted by Gasteiger charge is 2.39. The van der Waals surface area contributed by atoms with Crippen molar-refractivity contribution in [1.82, 2.24) is 0 Å². The molecule has 0 radical (unpaired) electrons. The fourth-order valence-electron chi connectivity index (χ4n) is 0.143. The maximum atomic E-state index is 11.8. The van der Waals surface area contributed by atoms with Crippen molar-refractivity contribution in [2.24, 2.45) is 0 Å². The van der Waals surface area contributed by atoms with Crippen LogP contribution in [-0.2, 0) is 0 Å². The van der Waals surface area contributed by atoms with E-state index >= 15 is 0 Å². The summed E-state index contributed by atoms with van der Waals surface area (Å²) in [6.45, 7) is 0. The summed E-state index contributed by atoms with van der Waals surface area (Å²) >= 11 is 19.4. The monoisotopic (exact) mass is 216 g/mol. The molecule has 0 bridgehead atoms. The van der Waals surface area contributed by atoms with Crippen LogP contribution < -0.4 is 0 Å². The lowest BCUT2D eigenvalue weighted by Gasteiger charge is -2.14. The highest BCUT2D eigenvalue weighted by atomic mass is 35.5. The molecule has 0 fully saturated rings. The lowest BCUT2D eigenvalue weighted by Crippen LogP contribution is -2.27. The van der Waals surface area contributed by atoms with E-state index in [9.17, 15) is 8.78 Å². The van der Waals surface area contributed by atoms with Gasteiger partial charge in [0.15, 0.2) is 0 Å². The molecule has 0 N–H and O–H groups in total. The Balaban J connectivity index is 3.88. The maximum absolute atomic E-state index is 11.8. The third-order valence-corrected chi connectivity index (χ3v) is 2.17. The van der Waals surface area contributed by atoms with Gasteiger partial charge in [0.1, 0.15) is 10.2 Å². The van der Waals surface area contributed by atoms with Gasteiger partial charge in [-0.05, 0) is 11.6 Å². The second-order valence-electron chi connectivity index (χ2n) is 1.28. The molecular formula is C3H2Cl4F2. The lowest BCUT2D eigenvalue weighted by molar-refractivity contribution is 0.0946. The van der Waals surface area contributed by atoms with E-state index in [0.717, 1.165) is 0 Å². The second kappa shape index (κ2) is 3.42. The highest BCUT2D eigenvalue weighted by molar-refractivity contribution is 6.49. The van der Waals surface area contributed by atoms with Gasteiger partial charge in [0.25, 0.3) is 0 Å². The van der Waals surface area contributed by atoms with Crippen LogP contribution in [0.5, 0.6) is 0 Å². The minimum atomic E-state index is -3.55. The average molecular weight is 218 g/mol. The summed E-state index contributed by atoms with van der Waals surface area (Å²) in [7, 11) is 0. The van der Waals surface area contributed by atoms with Crippen molar-refractivity contribution < 1.29 is 8.78 Å². The van der Waals surface area contributed by atoms with Crippen LogP contribution in [0.2, 0.25) is 0 Å². The van der Waals surface area contributed by atoms with Crippen molar-refractivity contribution in [2.45, 2.75) is 15.6 Å². The van der Waals surface area contributed by atoms with Crippen LogP contribution in [0.4, 0.5) is 8.78 Å². The van der Waals surface area contributed by atoms with E-state index in [1.54, 1.807) is 0 Å². The van der Waals surface area contributed by atoms with E-state index in [0.29, 0.717) is 0 Å².